The number of hydrogen-bond acceptors (Lipinski definition) is 5. The van der Waals surface area contributed by atoms with Gasteiger partial charge in [0, 0.05) is 25.7 Å². The molecular weight excluding hydrogens is 254 g/mol. The molecule has 2 aliphatic rings. The SMILES string of the molecule is CC(C)NC(CO)(CN1CCn2cnnc2C1)C1CC1. The third-order valence-corrected chi connectivity index (χ3v) is 4.44. The predicted octanol–water partition coefficient (Wildman–Crippen LogP) is 0.233. The van der Waals surface area contributed by atoms with Crippen molar-refractivity contribution in [1.29, 1.82) is 0 Å². The lowest BCUT2D eigenvalue weighted by atomic mass is 9.92. The van der Waals surface area contributed by atoms with Gasteiger partial charge in [0.15, 0.2) is 0 Å². The van der Waals surface area contributed by atoms with Crippen LogP contribution < -0.4 is 5.32 Å². The Morgan fingerprint density at radius 3 is 2.90 bits per heavy atom. The Morgan fingerprint density at radius 2 is 2.25 bits per heavy atom. The molecule has 20 heavy (non-hydrogen) atoms. The van der Waals surface area contributed by atoms with Crippen LogP contribution in [0.2, 0.25) is 0 Å². The van der Waals surface area contributed by atoms with Gasteiger partial charge in [-0.1, -0.05) is 13.8 Å². The van der Waals surface area contributed by atoms with E-state index in [0.29, 0.717) is 12.0 Å². The van der Waals surface area contributed by atoms with Gasteiger partial charge in [-0.25, -0.2) is 0 Å². The molecule has 1 saturated carbocycles. The lowest BCUT2D eigenvalue weighted by Gasteiger charge is -2.41. The second-order valence-electron chi connectivity index (χ2n) is 6.54. The van der Waals surface area contributed by atoms with E-state index in [1.165, 1.54) is 12.8 Å². The number of aliphatic hydroxyl groups is 1. The molecule has 0 spiro atoms. The fourth-order valence-electron chi connectivity index (χ4n) is 3.38. The van der Waals surface area contributed by atoms with Crippen LogP contribution in [0, 0.1) is 5.92 Å². The van der Waals surface area contributed by atoms with E-state index in [9.17, 15) is 5.11 Å². The largest absolute Gasteiger partial charge is 0.394 e. The van der Waals surface area contributed by atoms with Gasteiger partial charge in [0.2, 0.25) is 0 Å². The standard InChI is InChI=1S/C14H25N5O/c1-11(2)16-14(9-20,12-3-4-12)8-18-5-6-19-10-15-17-13(19)7-18/h10-12,16,20H,3-9H2,1-2H3. The van der Waals surface area contributed by atoms with E-state index in [0.717, 1.165) is 32.0 Å². The Morgan fingerprint density at radius 1 is 1.45 bits per heavy atom. The van der Waals surface area contributed by atoms with Crippen LogP contribution in [-0.4, -0.2) is 56.0 Å². The first-order chi connectivity index (χ1) is 9.63. The Hall–Kier alpha value is -0.980. The first kappa shape index (κ1) is 14.0. The van der Waals surface area contributed by atoms with Crippen molar-refractivity contribution in [3.05, 3.63) is 12.2 Å². The third-order valence-electron chi connectivity index (χ3n) is 4.44. The highest BCUT2D eigenvalue weighted by atomic mass is 16.3. The third kappa shape index (κ3) is 2.73. The molecule has 0 aromatic carbocycles. The Balaban J connectivity index is 1.70. The molecule has 1 aliphatic carbocycles. The van der Waals surface area contributed by atoms with Crippen molar-refractivity contribution in [2.75, 3.05) is 19.7 Å². The van der Waals surface area contributed by atoms with E-state index in [4.69, 9.17) is 0 Å². The summed E-state index contributed by atoms with van der Waals surface area (Å²) in [6.07, 6.45) is 4.26. The first-order valence-electron chi connectivity index (χ1n) is 7.60. The molecule has 2 N–H and O–H groups in total. The van der Waals surface area contributed by atoms with Crippen LogP contribution in [0.25, 0.3) is 0 Å². The van der Waals surface area contributed by atoms with E-state index in [1.807, 2.05) is 0 Å². The zero-order valence-corrected chi connectivity index (χ0v) is 12.4. The minimum atomic E-state index is -0.156. The summed E-state index contributed by atoms with van der Waals surface area (Å²) in [4.78, 5) is 2.40. The van der Waals surface area contributed by atoms with E-state index >= 15 is 0 Å². The molecule has 1 unspecified atom stereocenters. The fraction of sp³-hybridized carbons (Fsp3) is 0.857. The number of nitrogens with one attached hydrogen (secondary N) is 1. The highest BCUT2D eigenvalue weighted by Gasteiger charge is 2.46. The number of aliphatic hydroxyl groups excluding tert-OH is 1. The van der Waals surface area contributed by atoms with Crippen LogP contribution in [0.5, 0.6) is 0 Å². The van der Waals surface area contributed by atoms with Gasteiger partial charge in [-0.2, -0.15) is 0 Å². The molecule has 1 aliphatic heterocycles. The van der Waals surface area contributed by atoms with Crippen LogP contribution >= 0.6 is 0 Å². The minimum absolute atomic E-state index is 0.156. The predicted molar refractivity (Wildman–Crippen MR) is 76.1 cm³/mol. The van der Waals surface area contributed by atoms with Gasteiger partial charge in [-0.05, 0) is 18.8 Å². The molecule has 6 heteroatoms. The van der Waals surface area contributed by atoms with Gasteiger partial charge in [-0.3, -0.25) is 4.90 Å². The van der Waals surface area contributed by atoms with Crippen molar-refractivity contribution < 1.29 is 5.11 Å². The lowest BCUT2D eigenvalue weighted by Crippen LogP contribution is -2.60. The minimum Gasteiger partial charge on any atom is -0.394 e. The summed E-state index contributed by atoms with van der Waals surface area (Å²) in [6.45, 7) is 8.17. The molecule has 6 nitrogen and oxygen atoms in total. The summed E-state index contributed by atoms with van der Waals surface area (Å²) >= 11 is 0. The Bertz CT molecular complexity index is 456. The van der Waals surface area contributed by atoms with E-state index < -0.39 is 0 Å². The summed E-state index contributed by atoms with van der Waals surface area (Å²) in [5.74, 6) is 1.64. The highest BCUT2D eigenvalue weighted by Crippen LogP contribution is 2.40. The quantitative estimate of drug-likeness (QED) is 0.780. The summed E-state index contributed by atoms with van der Waals surface area (Å²) in [6, 6.07) is 0.385. The van der Waals surface area contributed by atoms with Crippen molar-refractivity contribution in [1.82, 2.24) is 25.0 Å². The smallest absolute Gasteiger partial charge is 0.147 e. The molecular formula is C14H25N5O. The average Bonchev–Trinajstić information content (AvgIpc) is 3.17. The van der Waals surface area contributed by atoms with Crippen molar-refractivity contribution in [3.63, 3.8) is 0 Å². The second kappa shape index (κ2) is 5.42. The van der Waals surface area contributed by atoms with Crippen LogP contribution in [0.3, 0.4) is 0 Å². The number of fused-ring (bicyclic) bond motifs is 1. The van der Waals surface area contributed by atoms with Gasteiger partial charge >= 0.3 is 0 Å². The molecule has 1 aromatic heterocycles. The van der Waals surface area contributed by atoms with Gasteiger partial charge in [0.25, 0.3) is 0 Å². The zero-order valence-electron chi connectivity index (χ0n) is 12.4. The van der Waals surface area contributed by atoms with Crippen LogP contribution in [0.4, 0.5) is 0 Å². The van der Waals surface area contributed by atoms with Crippen LogP contribution in [-0.2, 0) is 13.1 Å². The van der Waals surface area contributed by atoms with Crippen molar-refractivity contribution in [2.24, 2.45) is 5.92 Å². The second-order valence-corrected chi connectivity index (χ2v) is 6.54. The van der Waals surface area contributed by atoms with E-state index in [1.54, 1.807) is 6.33 Å². The molecule has 0 saturated heterocycles. The molecule has 112 valence electrons. The van der Waals surface area contributed by atoms with Crippen molar-refractivity contribution >= 4 is 0 Å². The van der Waals surface area contributed by atoms with Gasteiger partial charge in [0.1, 0.15) is 12.2 Å². The molecule has 1 atom stereocenters. The normalized spacial score (nSPS) is 22.8. The number of aromatic nitrogens is 3. The van der Waals surface area contributed by atoms with Crippen LogP contribution in [0.1, 0.15) is 32.5 Å². The van der Waals surface area contributed by atoms with Gasteiger partial charge < -0.3 is 15.0 Å². The monoisotopic (exact) mass is 279 g/mol. The fourth-order valence-corrected chi connectivity index (χ4v) is 3.38. The highest BCUT2D eigenvalue weighted by molar-refractivity contribution is 5.04. The molecule has 2 heterocycles. The lowest BCUT2D eigenvalue weighted by molar-refractivity contribution is 0.0713. The summed E-state index contributed by atoms with van der Waals surface area (Å²) in [5.41, 5.74) is -0.156. The summed E-state index contributed by atoms with van der Waals surface area (Å²) in [7, 11) is 0. The molecule has 0 radical (unpaired) electrons. The molecule has 0 bridgehead atoms. The zero-order chi connectivity index (χ0) is 14.2. The van der Waals surface area contributed by atoms with Gasteiger partial charge in [0.05, 0.1) is 18.7 Å². The van der Waals surface area contributed by atoms with Crippen LogP contribution in [0.15, 0.2) is 6.33 Å². The van der Waals surface area contributed by atoms with Gasteiger partial charge in [-0.15, -0.1) is 10.2 Å². The average molecular weight is 279 g/mol. The topological polar surface area (TPSA) is 66.2 Å². The maximum atomic E-state index is 10.00. The first-order valence-corrected chi connectivity index (χ1v) is 7.60. The number of rotatable bonds is 6. The number of hydrogen-bond donors (Lipinski definition) is 2. The molecule has 1 aromatic rings. The Labute approximate surface area is 120 Å². The van der Waals surface area contributed by atoms with Crippen molar-refractivity contribution in [2.45, 2.75) is 51.4 Å². The summed E-state index contributed by atoms with van der Waals surface area (Å²) in [5, 5.41) is 21.8. The molecule has 3 rings (SSSR count). The van der Waals surface area contributed by atoms with E-state index in [-0.39, 0.29) is 12.1 Å². The van der Waals surface area contributed by atoms with E-state index in [2.05, 4.69) is 38.8 Å². The maximum Gasteiger partial charge on any atom is 0.147 e. The maximum absolute atomic E-state index is 10.00. The molecule has 0 amide bonds. The summed E-state index contributed by atoms with van der Waals surface area (Å²) < 4.78 is 2.12. The number of nitrogens with zero attached hydrogens (tertiary/aromatic N) is 4. The molecule has 1 fully saturated rings. The Kier molecular flexibility index (Phi) is 3.79. The van der Waals surface area contributed by atoms with Crippen molar-refractivity contribution in [3.8, 4) is 0 Å².